The van der Waals surface area contributed by atoms with Crippen molar-refractivity contribution in [1.82, 2.24) is 9.62 Å². The summed E-state index contributed by atoms with van der Waals surface area (Å²) in [5.74, 6) is 1.43. The molecule has 0 saturated carbocycles. The molecule has 0 amide bonds. The van der Waals surface area contributed by atoms with Crippen LogP contribution in [0.1, 0.15) is 17.2 Å². The maximum absolute atomic E-state index is 13.8. The van der Waals surface area contributed by atoms with Crippen molar-refractivity contribution in [3.8, 4) is 11.5 Å². The highest BCUT2D eigenvalue weighted by molar-refractivity contribution is 7.89. The van der Waals surface area contributed by atoms with E-state index >= 15 is 0 Å². The molecular weight excluding hydrogens is 412 g/mol. The summed E-state index contributed by atoms with van der Waals surface area (Å²) < 4.78 is 40.6. The zero-order chi connectivity index (χ0) is 19.3. The lowest BCUT2D eigenvalue weighted by atomic mass is 9.88. The van der Waals surface area contributed by atoms with Crippen molar-refractivity contribution in [3.63, 3.8) is 0 Å². The minimum Gasteiger partial charge on any atom is -0.486 e. The molecule has 0 aliphatic carbocycles. The summed E-state index contributed by atoms with van der Waals surface area (Å²) in [5, 5.41) is 3.44. The number of sulfonamides is 1. The van der Waals surface area contributed by atoms with Crippen molar-refractivity contribution in [1.29, 1.82) is 0 Å². The van der Waals surface area contributed by atoms with E-state index < -0.39 is 10.0 Å². The number of halogens is 1. The highest BCUT2D eigenvalue weighted by Gasteiger charge is 2.50. The second-order valence-electron chi connectivity index (χ2n) is 7.74. The molecule has 3 atom stereocenters. The summed E-state index contributed by atoms with van der Waals surface area (Å²) in [4.78, 5) is 0.205. The first-order valence-corrected chi connectivity index (χ1v) is 11.2. The molecule has 1 N–H and O–H groups in total. The van der Waals surface area contributed by atoms with Crippen LogP contribution in [-0.4, -0.2) is 45.6 Å². The van der Waals surface area contributed by atoms with Gasteiger partial charge in [0.2, 0.25) is 10.0 Å². The number of ether oxygens (including phenoxy) is 2. The third-order valence-corrected chi connectivity index (χ3v) is 8.02. The molecule has 29 heavy (non-hydrogen) atoms. The predicted octanol–water partition coefficient (Wildman–Crippen LogP) is 2.77. The molecule has 2 fully saturated rings. The molecule has 2 aromatic rings. The monoisotopic (exact) mass is 436 g/mol. The summed E-state index contributed by atoms with van der Waals surface area (Å²) in [6.45, 7) is 5.05. The number of hydrogen-bond donors (Lipinski definition) is 1. The number of aryl methyl sites for hydroxylation is 1. The number of nitrogens with zero attached hydrogens (tertiary/aromatic N) is 1. The number of rotatable bonds is 3. The molecule has 0 bridgehead atoms. The fourth-order valence-electron chi connectivity index (χ4n) is 4.81. The van der Waals surface area contributed by atoms with Crippen molar-refractivity contribution in [2.45, 2.75) is 17.9 Å². The van der Waals surface area contributed by atoms with Crippen LogP contribution in [0.3, 0.4) is 0 Å². The number of benzene rings is 2. The van der Waals surface area contributed by atoms with E-state index in [1.165, 1.54) is 0 Å². The number of para-hydroxylation sites is 1. The molecule has 156 valence electrons. The van der Waals surface area contributed by atoms with Gasteiger partial charge in [-0.15, -0.1) is 12.4 Å². The van der Waals surface area contributed by atoms with Gasteiger partial charge in [0.15, 0.2) is 11.5 Å². The Labute approximate surface area is 177 Å². The van der Waals surface area contributed by atoms with E-state index in [0.29, 0.717) is 37.2 Å². The lowest BCUT2D eigenvalue weighted by Gasteiger charge is -2.30. The van der Waals surface area contributed by atoms with Crippen LogP contribution in [0, 0.1) is 18.8 Å². The smallest absolute Gasteiger partial charge is 0.247 e. The first-order chi connectivity index (χ1) is 13.6. The van der Waals surface area contributed by atoms with Gasteiger partial charge in [-0.1, -0.05) is 30.3 Å². The van der Waals surface area contributed by atoms with Crippen LogP contribution < -0.4 is 14.8 Å². The maximum Gasteiger partial charge on any atom is 0.247 e. The highest BCUT2D eigenvalue weighted by atomic mass is 35.5. The van der Waals surface area contributed by atoms with Gasteiger partial charge in [-0.25, -0.2) is 8.42 Å². The van der Waals surface area contributed by atoms with E-state index in [2.05, 4.69) is 24.4 Å². The normalized spacial score (nSPS) is 26.0. The van der Waals surface area contributed by atoms with E-state index in [4.69, 9.17) is 9.47 Å². The molecule has 2 saturated heterocycles. The fourth-order valence-corrected chi connectivity index (χ4v) is 6.66. The Morgan fingerprint density at radius 2 is 1.83 bits per heavy atom. The quantitative estimate of drug-likeness (QED) is 0.801. The SMILES string of the molecule is Cc1ccccc1[C@H]1[C@H]2CNC[C@H]2CN1S(=O)(=O)c1cccc2c1OCCO2.Cl. The van der Waals surface area contributed by atoms with Gasteiger partial charge in [0.25, 0.3) is 0 Å². The molecule has 0 spiro atoms. The molecule has 0 unspecified atom stereocenters. The van der Waals surface area contributed by atoms with Crippen LogP contribution >= 0.6 is 12.4 Å². The summed E-state index contributed by atoms with van der Waals surface area (Å²) in [5.41, 5.74) is 2.21. The minimum absolute atomic E-state index is 0. The van der Waals surface area contributed by atoms with Crippen LogP contribution in [0.2, 0.25) is 0 Å². The van der Waals surface area contributed by atoms with Crippen LogP contribution in [-0.2, 0) is 10.0 Å². The Bertz CT molecular complexity index is 1010. The van der Waals surface area contributed by atoms with E-state index in [-0.39, 0.29) is 29.3 Å². The third-order valence-electron chi connectivity index (χ3n) is 6.15. The molecule has 3 heterocycles. The standard InChI is InChI=1S/C21H24N2O4S.ClH/c1-14-5-2-3-6-16(14)20-17-12-22-11-15(17)13-23(20)28(24,25)19-8-4-7-18-21(19)27-10-9-26-18;/h2-8,15,17,20,22H,9-13H2,1H3;1H/t15-,17-,20-;/m0./s1. The third kappa shape index (κ3) is 3.30. The van der Waals surface area contributed by atoms with Gasteiger partial charge in [0.1, 0.15) is 18.1 Å². The molecule has 2 aromatic carbocycles. The van der Waals surface area contributed by atoms with Crippen molar-refractivity contribution in [3.05, 3.63) is 53.6 Å². The van der Waals surface area contributed by atoms with Crippen molar-refractivity contribution >= 4 is 22.4 Å². The Balaban J connectivity index is 0.00000205. The molecule has 0 radical (unpaired) electrons. The highest BCUT2D eigenvalue weighted by Crippen LogP contribution is 2.48. The topological polar surface area (TPSA) is 67.9 Å². The first-order valence-electron chi connectivity index (χ1n) is 9.74. The molecule has 3 aliphatic rings. The Hall–Kier alpha value is -1.80. The van der Waals surface area contributed by atoms with E-state index in [1.54, 1.807) is 22.5 Å². The second-order valence-corrected chi connectivity index (χ2v) is 9.60. The number of fused-ring (bicyclic) bond motifs is 2. The lowest BCUT2D eigenvalue weighted by molar-refractivity contribution is 0.166. The van der Waals surface area contributed by atoms with Crippen LogP contribution in [0.4, 0.5) is 0 Å². The second kappa shape index (κ2) is 7.80. The molecule has 3 aliphatic heterocycles. The summed E-state index contributed by atoms with van der Waals surface area (Å²) >= 11 is 0. The van der Waals surface area contributed by atoms with E-state index in [1.807, 2.05) is 12.1 Å². The Kier molecular flexibility index (Phi) is 5.50. The molecule has 8 heteroatoms. The summed E-state index contributed by atoms with van der Waals surface area (Å²) in [7, 11) is -3.74. The summed E-state index contributed by atoms with van der Waals surface area (Å²) in [6.07, 6.45) is 0. The van der Waals surface area contributed by atoms with Gasteiger partial charge < -0.3 is 14.8 Å². The predicted molar refractivity (Wildman–Crippen MR) is 112 cm³/mol. The van der Waals surface area contributed by atoms with Crippen LogP contribution in [0.5, 0.6) is 11.5 Å². The number of nitrogens with one attached hydrogen (secondary N) is 1. The van der Waals surface area contributed by atoms with Gasteiger partial charge in [0, 0.05) is 13.1 Å². The molecular formula is C21H25ClN2O4S. The average Bonchev–Trinajstić information content (AvgIpc) is 3.30. The van der Waals surface area contributed by atoms with Gasteiger partial charge in [-0.3, -0.25) is 0 Å². The first kappa shape index (κ1) is 20.5. The largest absolute Gasteiger partial charge is 0.486 e. The van der Waals surface area contributed by atoms with Crippen LogP contribution in [0.25, 0.3) is 0 Å². The Morgan fingerprint density at radius 3 is 2.66 bits per heavy atom. The average molecular weight is 437 g/mol. The maximum atomic E-state index is 13.8. The minimum atomic E-state index is -3.74. The molecule has 5 rings (SSSR count). The Morgan fingerprint density at radius 1 is 1.03 bits per heavy atom. The van der Waals surface area contributed by atoms with Gasteiger partial charge >= 0.3 is 0 Å². The fraction of sp³-hybridized carbons (Fsp3) is 0.429. The lowest BCUT2D eigenvalue weighted by Crippen LogP contribution is -2.35. The van der Waals surface area contributed by atoms with E-state index in [0.717, 1.165) is 24.2 Å². The zero-order valence-electron chi connectivity index (χ0n) is 16.2. The number of hydrogen-bond acceptors (Lipinski definition) is 5. The van der Waals surface area contributed by atoms with Crippen molar-refractivity contribution < 1.29 is 17.9 Å². The molecule has 0 aromatic heterocycles. The van der Waals surface area contributed by atoms with Crippen molar-refractivity contribution in [2.75, 3.05) is 32.8 Å². The van der Waals surface area contributed by atoms with Gasteiger partial charge in [-0.2, -0.15) is 4.31 Å². The summed E-state index contributed by atoms with van der Waals surface area (Å²) in [6, 6.07) is 13.0. The zero-order valence-corrected chi connectivity index (χ0v) is 17.8. The van der Waals surface area contributed by atoms with Crippen LogP contribution in [0.15, 0.2) is 47.4 Å². The van der Waals surface area contributed by atoms with Gasteiger partial charge in [0.05, 0.1) is 6.04 Å². The van der Waals surface area contributed by atoms with E-state index in [9.17, 15) is 8.42 Å². The van der Waals surface area contributed by atoms with Gasteiger partial charge in [-0.05, 0) is 48.6 Å². The molecule has 6 nitrogen and oxygen atoms in total. The van der Waals surface area contributed by atoms with Crippen molar-refractivity contribution in [2.24, 2.45) is 11.8 Å².